The first kappa shape index (κ1) is 11.6. The third kappa shape index (κ3) is 2.37. The number of anilines is 1. The molecule has 3 rings (SSSR count). The van der Waals surface area contributed by atoms with Crippen LogP contribution in [0, 0.1) is 13.8 Å². The zero-order chi connectivity index (χ0) is 13.2. The van der Waals surface area contributed by atoms with E-state index in [0.29, 0.717) is 6.54 Å². The molecular formula is C13H14N6. The molecule has 96 valence electrons. The predicted octanol–water partition coefficient (Wildman–Crippen LogP) is 1.75. The number of pyridine rings is 1. The molecule has 0 aliphatic rings. The molecule has 6 nitrogen and oxygen atoms in total. The van der Waals surface area contributed by atoms with Crippen LogP contribution in [0.3, 0.4) is 0 Å². The van der Waals surface area contributed by atoms with Crippen molar-refractivity contribution in [3.63, 3.8) is 0 Å². The maximum atomic E-state index is 4.33. The van der Waals surface area contributed by atoms with Gasteiger partial charge < -0.3 is 5.32 Å². The van der Waals surface area contributed by atoms with Crippen LogP contribution >= 0.6 is 0 Å². The summed E-state index contributed by atoms with van der Waals surface area (Å²) in [4.78, 5) is 8.58. The summed E-state index contributed by atoms with van der Waals surface area (Å²) in [6, 6.07) is 7.74. The van der Waals surface area contributed by atoms with Gasteiger partial charge in [-0.05, 0) is 26.0 Å². The molecule has 0 unspecified atom stereocenters. The largest absolute Gasteiger partial charge is 0.363 e. The fourth-order valence-corrected chi connectivity index (χ4v) is 1.99. The Kier molecular flexibility index (Phi) is 2.83. The van der Waals surface area contributed by atoms with E-state index in [1.807, 2.05) is 48.7 Å². The van der Waals surface area contributed by atoms with E-state index in [1.165, 1.54) is 0 Å². The van der Waals surface area contributed by atoms with Gasteiger partial charge in [0, 0.05) is 18.0 Å². The molecule has 0 aromatic carbocycles. The molecule has 0 bridgehead atoms. The van der Waals surface area contributed by atoms with Crippen molar-refractivity contribution in [2.45, 2.75) is 20.4 Å². The normalized spacial score (nSPS) is 10.8. The van der Waals surface area contributed by atoms with Crippen molar-refractivity contribution < 1.29 is 0 Å². The molecule has 19 heavy (non-hydrogen) atoms. The summed E-state index contributed by atoms with van der Waals surface area (Å²) in [5.74, 6) is 2.41. The van der Waals surface area contributed by atoms with Crippen LogP contribution in [0.25, 0.3) is 5.65 Å². The summed E-state index contributed by atoms with van der Waals surface area (Å²) >= 11 is 0. The van der Waals surface area contributed by atoms with E-state index >= 15 is 0 Å². The molecule has 0 saturated heterocycles. The molecule has 0 aliphatic heterocycles. The van der Waals surface area contributed by atoms with Crippen LogP contribution in [0.5, 0.6) is 0 Å². The fourth-order valence-electron chi connectivity index (χ4n) is 1.99. The van der Waals surface area contributed by atoms with Crippen molar-refractivity contribution in [3.05, 3.63) is 47.8 Å². The molecule has 0 saturated carbocycles. The smallest absolute Gasteiger partial charge is 0.160 e. The van der Waals surface area contributed by atoms with Gasteiger partial charge in [-0.25, -0.2) is 9.97 Å². The molecule has 0 fully saturated rings. The number of hydrogen-bond donors (Lipinski definition) is 1. The van der Waals surface area contributed by atoms with Crippen LogP contribution in [-0.2, 0) is 6.54 Å². The molecular weight excluding hydrogens is 240 g/mol. The van der Waals surface area contributed by atoms with Gasteiger partial charge >= 0.3 is 0 Å². The Morgan fingerprint density at radius 2 is 2.05 bits per heavy atom. The first-order valence-electron chi connectivity index (χ1n) is 6.07. The molecule has 3 aromatic rings. The molecule has 0 radical (unpaired) electrons. The monoisotopic (exact) mass is 254 g/mol. The Bertz CT molecular complexity index is 698. The van der Waals surface area contributed by atoms with E-state index in [2.05, 4.69) is 25.5 Å². The number of rotatable bonds is 3. The maximum absolute atomic E-state index is 4.33. The highest BCUT2D eigenvalue weighted by Gasteiger charge is 2.05. The molecule has 0 aliphatic carbocycles. The number of aromatic nitrogens is 5. The van der Waals surface area contributed by atoms with Gasteiger partial charge in [-0.2, -0.15) is 0 Å². The summed E-state index contributed by atoms with van der Waals surface area (Å²) in [5.41, 5.74) is 1.79. The molecule has 0 spiro atoms. The van der Waals surface area contributed by atoms with Gasteiger partial charge in [0.25, 0.3) is 0 Å². The third-order valence-electron chi connectivity index (χ3n) is 2.78. The minimum atomic E-state index is 0.571. The lowest BCUT2D eigenvalue weighted by Crippen LogP contribution is -2.06. The summed E-state index contributed by atoms with van der Waals surface area (Å²) in [6.07, 6.45) is 1.95. The highest BCUT2D eigenvalue weighted by molar-refractivity contribution is 5.39. The molecule has 3 aromatic heterocycles. The van der Waals surface area contributed by atoms with Crippen molar-refractivity contribution in [1.29, 1.82) is 0 Å². The Balaban J connectivity index is 1.82. The van der Waals surface area contributed by atoms with Gasteiger partial charge in [-0.15, -0.1) is 10.2 Å². The molecule has 0 amide bonds. The zero-order valence-corrected chi connectivity index (χ0v) is 10.8. The SMILES string of the molecule is Cc1cc(NCc2nnc3ccccn23)nc(C)n1. The van der Waals surface area contributed by atoms with Crippen molar-refractivity contribution in [2.24, 2.45) is 0 Å². The van der Waals surface area contributed by atoms with Crippen molar-refractivity contribution in [3.8, 4) is 0 Å². The van der Waals surface area contributed by atoms with E-state index in [0.717, 1.165) is 28.8 Å². The van der Waals surface area contributed by atoms with Crippen LogP contribution < -0.4 is 5.32 Å². The van der Waals surface area contributed by atoms with E-state index < -0.39 is 0 Å². The maximum Gasteiger partial charge on any atom is 0.160 e. The number of aryl methyl sites for hydroxylation is 2. The third-order valence-corrected chi connectivity index (χ3v) is 2.78. The van der Waals surface area contributed by atoms with Gasteiger partial charge in [-0.3, -0.25) is 4.40 Å². The van der Waals surface area contributed by atoms with Crippen molar-refractivity contribution in [2.75, 3.05) is 5.32 Å². The summed E-state index contributed by atoms with van der Waals surface area (Å²) in [5, 5.41) is 11.5. The second-order valence-corrected chi connectivity index (χ2v) is 4.34. The van der Waals surface area contributed by atoms with Gasteiger partial charge in [0.1, 0.15) is 11.6 Å². The fraction of sp³-hybridized carbons (Fsp3) is 0.231. The quantitative estimate of drug-likeness (QED) is 0.771. The van der Waals surface area contributed by atoms with E-state index in [4.69, 9.17) is 0 Å². The second kappa shape index (κ2) is 4.64. The Morgan fingerprint density at radius 3 is 2.89 bits per heavy atom. The number of fused-ring (bicyclic) bond motifs is 1. The molecule has 1 N–H and O–H groups in total. The van der Waals surface area contributed by atoms with Gasteiger partial charge in [-0.1, -0.05) is 6.07 Å². The van der Waals surface area contributed by atoms with Crippen LogP contribution in [0.15, 0.2) is 30.5 Å². The number of hydrogen-bond acceptors (Lipinski definition) is 5. The van der Waals surface area contributed by atoms with Crippen molar-refractivity contribution >= 4 is 11.5 Å². The lowest BCUT2D eigenvalue weighted by molar-refractivity contribution is 0.903. The zero-order valence-electron chi connectivity index (χ0n) is 10.8. The van der Waals surface area contributed by atoms with Gasteiger partial charge in [0.05, 0.1) is 6.54 Å². The minimum absolute atomic E-state index is 0.571. The minimum Gasteiger partial charge on any atom is -0.363 e. The van der Waals surface area contributed by atoms with Crippen LogP contribution in [0.1, 0.15) is 17.3 Å². The van der Waals surface area contributed by atoms with E-state index in [9.17, 15) is 0 Å². The van der Waals surface area contributed by atoms with Crippen LogP contribution in [0.2, 0.25) is 0 Å². The molecule has 6 heteroatoms. The van der Waals surface area contributed by atoms with Crippen LogP contribution in [0.4, 0.5) is 5.82 Å². The highest BCUT2D eigenvalue weighted by atomic mass is 15.3. The van der Waals surface area contributed by atoms with Crippen molar-refractivity contribution in [1.82, 2.24) is 24.6 Å². The Labute approximate surface area is 110 Å². The molecule has 3 heterocycles. The molecule has 0 atom stereocenters. The van der Waals surface area contributed by atoms with Gasteiger partial charge in [0.2, 0.25) is 0 Å². The Hall–Kier alpha value is -2.50. The van der Waals surface area contributed by atoms with E-state index in [1.54, 1.807) is 0 Å². The van der Waals surface area contributed by atoms with Gasteiger partial charge in [0.15, 0.2) is 11.5 Å². The topological polar surface area (TPSA) is 68.0 Å². The average molecular weight is 254 g/mol. The summed E-state index contributed by atoms with van der Waals surface area (Å²) < 4.78 is 1.95. The van der Waals surface area contributed by atoms with Crippen LogP contribution in [-0.4, -0.2) is 24.6 Å². The standard InChI is InChI=1S/C13H14N6/c1-9-7-11(16-10(2)15-9)14-8-13-18-17-12-5-3-4-6-19(12)13/h3-7H,8H2,1-2H3,(H,14,15,16). The summed E-state index contributed by atoms with van der Waals surface area (Å²) in [6.45, 7) is 4.40. The first-order valence-corrected chi connectivity index (χ1v) is 6.07. The van der Waals surface area contributed by atoms with E-state index in [-0.39, 0.29) is 0 Å². The summed E-state index contributed by atoms with van der Waals surface area (Å²) in [7, 11) is 0. The Morgan fingerprint density at radius 1 is 1.16 bits per heavy atom. The highest BCUT2D eigenvalue weighted by Crippen LogP contribution is 2.08. The number of nitrogens with zero attached hydrogens (tertiary/aromatic N) is 5. The average Bonchev–Trinajstić information content (AvgIpc) is 2.78. The number of nitrogens with one attached hydrogen (secondary N) is 1. The lowest BCUT2D eigenvalue weighted by Gasteiger charge is -2.06. The predicted molar refractivity (Wildman–Crippen MR) is 71.8 cm³/mol. The second-order valence-electron chi connectivity index (χ2n) is 4.34. The lowest BCUT2D eigenvalue weighted by atomic mass is 10.4. The first-order chi connectivity index (χ1) is 9.22.